The van der Waals surface area contributed by atoms with E-state index >= 15 is 0 Å². The molecule has 4 bridgehead atoms. The van der Waals surface area contributed by atoms with E-state index < -0.39 is 0 Å². The third-order valence-corrected chi connectivity index (χ3v) is 19.7. The summed E-state index contributed by atoms with van der Waals surface area (Å²) in [6.45, 7) is 14.4. The number of benzene rings is 7. The molecule has 0 radical (unpaired) electrons. The van der Waals surface area contributed by atoms with Crippen LogP contribution < -0.4 is 14.5 Å². The Kier molecular flexibility index (Phi) is 11.9. The molecule has 79 heavy (non-hydrogen) atoms. The molecule has 7 nitrogen and oxygen atoms in total. The molecule has 0 amide bonds. The van der Waals surface area contributed by atoms with E-state index in [2.05, 4.69) is 256 Å². The Hall–Kier alpha value is -7.19. The van der Waals surface area contributed by atoms with E-state index in [0.29, 0.717) is 30.8 Å². The predicted molar refractivity (Wildman–Crippen MR) is 327 cm³/mol. The summed E-state index contributed by atoms with van der Waals surface area (Å²) in [6, 6.07) is 68.4. The Labute approximate surface area is 468 Å². The molecule has 5 aliphatic rings. The highest BCUT2D eigenvalue weighted by Crippen LogP contribution is 2.64. The topological polar surface area (TPSA) is 40.0 Å². The van der Waals surface area contributed by atoms with Crippen molar-refractivity contribution in [1.82, 2.24) is 19.4 Å². The standard InChI is InChI=1S/C72H76N6O/c1-69(2,3)50-40-41-73-67(44-50)78-59-31-16-15-28-55(59)56-39-38-53(46-62(56)78)79-54-43-51(70(4,5)6)42-52(45-54)76-47-77(61-33-18-17-32-60(61)76)68-57(71(48-24-11-9-12-25-48)63-34-19-20-35-64(71)74(63)7)29-23-30-58(68)72(49-26-13-10-14-27-49)65-36-21-22-37-66(72)75(65)8/h9-18,23-33,38-46,63-66H,19-22,34-37,47H2,1-8H3. The van der Waals surface area contributed by atoms with E-state index in [0.717, 1.165) is 34.0 Å². The van der Waals surface area contributed by atoms with Crippen molar-refractivity contribution in [3.63, 3.8) is 0 Å². The number of ether oxygens (including phenoxy) is 1. The third-order valence-electron chi connectivity index (χ3n) is 19.7. The van der Waals surface area contributed by atoms with Crippen LogP contribution in [0.4, 0.5) is 22.7 Å². The summed E-state index contributed by atoms with van der Waals surface area (Å²) in [5.41, 5.74) is 15.0. The molecule has 4 unspecified atom stereocenters. The smallest absolute Gasteiger partial charge is 0.137 e. The van der Waals surface area contributed by atoms with Crippen molar-refractivity contribution >= 4 is 44.6 Å². The quantitative estimate of drug-likeness (QED) is 0.143. The molecular weight excluding hydrogens is 965 g/mol. The summed E-state index contributed by atoms with van der Waals surface area (Å²) >= 11 is 0. The highest BCUT2D eigenvalue weighted by atomic mass is 16.5. The minimum absolute atomic E-state index is 0.0218. The van der Waals surface area contributed by atoms with E-state index in [1.807, 2.05) is 6.20 Å². The number of fused-ring (bicyclic) bond motifs is 8. The molecule has 14 rings (SSSR count). The summed E-state index contributed by atoms with van der Waals surface area (Å²) in [6.07, 6.45) is 11.7. The van der Waals surface area contributed by atoms with Gasteiger partial charge in [0, 0.05) is 59.0 Å². The van der Waals surface area contributed by atoms with E-state index in [9.17, 15) is 0 Å². The minimum atomic E-state index is -0.190. The van der Waals surface area contributed by atoms with Gasteiger partial charge in [0.2, 0.25) is 0 Å². The second-order valence-corrected chi connectivity index (χ2v) is 25.9. The molecule has 0 spiro atoms. The average molecular weight is 1040 g/mol. The van der Waals surface area contributed by atoms with Crippen molar-refractivity contribution < 1.29 is 4.74 Å². The fourth-order valence-corrected chi connectivity index (χ4v) is 16.1. The maximum Gasteiger partial charge on any atom is 0.137 e. The number of pyridine rings is 1. The predicted octanol–water partition coefficient (Wildman–Crippen LogP) is 16.9. The highest BCUT2D eigenvalue weighted by Gasteiger charge is 2.65. The van der Waals surface area contributed by atoms with Crippen LogP contribution in [0.15, 0.2) is 182 Å². The van der Waals surface area contributed by atoms with Gasteiger partial charge in [0.05, 0.1) is 38.9 Å². The second kappa shape index (κ2) is 18.7. The highest BCUT2D eigenvalue weighted by molar-refractivity contribution is 6.09. The fraction of sp³-hybridized carbons (Fsp3) is 0.347. The van der Waals surface area contributed by atoms with E-state index in [4.69, 9.17) is 9.72 Å². The van der Waals surface area contributed by atoms with Crippen molar-refractivity contribution in [2.45, 2.75) is 139 Å². The Morgan fingerprint density at radius 2 is 1.00 bits per heavy atom. The van der Waals surface area contributed by atoms with Gasteiger partial charge in [0.15, 0.2) is 0 Å². The van der Waals surface area contributed by atoms with Crippen molar-refractivity contribution in [2.24, 2.45) is 0 Å². The molecule has 4 aliphatic heterocycles. The second-order valence-electron chi connectivity index (χ2n) is 25.9. The number of aromatic nitrogens is 2. The molecular formula is C72H76N6O. The van der Waals surface area contributed by atoms with Gasteiger partial charge in [-0.2, -0.15) is 0 Å². The summed E-state index contributed by atoms with van der Waals surface area (Å²) < 4.78 is 9.51. The first kappa shape index (κ1) is 50.1. The van der Waals surface area contributed by atoms with Gasteiger partial charge >= 0.3 is 0 Å². The summed E-state index contributed by atoms with van der Waals surface area (Å²) in [5, 5.41) is 2.37. The fourth-order valence-electron chi connectivity index (χ4n) is 16.1. The monoisotopic (exact) mass is 1040 g/mol. The molecule has 6 heterocycles. The van der Waals surface area contributed by atoms with Crippen LogP contribution in [0.2, 0.25) is 0 Å². The molecule has 400 valence electrons. The number of likely N-dealkylation sites (tertiary alicyclic amines) is 1. The third kappa shape index (κ3) is 7.62. The SMILES string of the molecule is CN1C2CCCCC1C2(c1ccccc1)c1cccc(C2(c3ccccc3)C3CCCCC2N3C)c1N1CN(c2cc(Oc3ccc4c5ccccc5n(-c5cc(C(C)(C)C)ccn5)c4c3)cc(C(C)(C)C)c2)c2ccccc21. The van der Waals surface area contributed by atoms with Crippen LogP contribution in [-0.2, 0) is 21.7 Å². The Morgan fingerprint density at radius 1 is 0.468 bits per heavy atom. The first-order chi connectivity index (χ1) is 38.3. The summed E-state index contributed by atoms with van der Waals surface area (Å²) in [4.78, 5) is 15.8. The molecule has 4 fully saturated rings. The van der Waals surface area contributed by atoms with E-state index in [1.165, 1.54) is 113 Å². The summed E-state index contributed by atoms with van der Waals surface area (Å²) in [7, 11) is 4.84. The number of hydrogen-bond acceptors (Lipinski definition) is 6. The molecule has 4 atom stereocenters. The van der Waals surface area contributed by atoms with Crippen LogP contribution >= 0.6 is 0 Å². The van der Waals surface area contributed by atoms with Gasteiger partial charge in [-0.15, -0.1) is 0 Å². The lowest BCUT2D eigenvalue weighted by molar-refractivity contribution is -0.0411. The zero-order chi connectivity index (χ0) is 54.0. The zero-order valence-corrected chi connectivity index (χ0v) is 47.6. The Balaban J connectivity index is 0.945. The van der Waals surface area contributed by atoms with Crippen LogP contribution in [0.25, 0.3) is 27.6 Å². The Morgan fingerprint density at radius 3 is 1.58 bits per heavy atom. The van der Waals surface area contributed by atoms with Crippen molar-refractivity contribution in [2.75, 3.05) is 30.6 Å². The number of nitrogens with zero attached hydrogens (tertiary/aromatic N) is 6. The molecule has 1 aliphatic carbocycles. The first-order valence-corrected chi connectivity index (χ1v) is 29.4. The molecule has 3 saturated heterocycles. The van der Waals surface area contributed by atoms with Gasteiger partial charge < -0.3 is 14.5 Å². The number of rotatable bonds is 9. The van der Waals surface area contributed by atoms with Gasteiger partial charge in [-0.3, -0.25) is 14.4 Å². The lowest BCUT2D eigenvalue weighted by Gasteiger charge is -2.65. The maximum absolute atomic E-state index is 7.20. The van der Waals surface area contributed by atoms with Gasteiger partial charge in [-0.25, -0.2) is 4.98 Å². The van der Waals surface area contributed by atoms with Crippen LogP contribution in [0, 0.1) is 0 Å². The zero-order valence-electron chi connectivity index (χ0n) is 47.6. The normalized spacial score (nSPS) is 24.2. The average Bonchev–Trinajstić information content (AvgIpc) is 3.54. The number of anilines is 4. The van der Waals surface area contributed by atoms with Crippen molar-refractivity contribution in [3.8, 4) is 17.3 Å². The van der Waals surface area contributed by atoms with Crippen LogP contribution in [-0.4, -0.2) is 64.3 Å². The van der Waals surface area contributed by atoms with Gasteiger partial charge in [-0.1, -0.05) is 176 Å². The Bertz CT molecular complexity index is 3650. The number of para-hydroxylation sites is 4. The van der Waals surface area contributed by atoms with E-state index in [-0.39, 0.29) is 21.7 Å². The van der Waals surface area contributed by atoms with Gasteiger partial charge in [0.1, 0.15) is 24.0 Å². The molecule has 7 heteroatoms. The molecule has 7 aromatic carbocycles. The molecule has 0 N–H and O–H groups in total. The molecule has 2 aromatic heterocycles. The molecule has 1 saturated carbocycles. The lowest BCUT2D eigenvalue weighted by atomic mass is 9.53. The first-order valence-electron chi connectivity index (χ1n) is 29.4. The van der Waals surface area contributed by atoms with Crippen molar-refractivity contribution in [1.29, 1.82) is 0 Å². The van der Waals surface area contributed by atoms with Gasteiger partial charge in [-0.05, 0) is 139 Å². The lowest BCUT2D eigenvalue weighted by Crippen LogP contribution is -2.73. The molecule has 9 aromatic rings. The van der Waals surface area contributed by atoms with Crippen LogP contribution in [0.3, 0.4) is 0 Å². The van der Waals surface area contributed by atoms with Crippen LogP contribution in [0.5, 0.6) is 11.5 Å². The van der Waals surface area contributed by atoms with Gasteiger partial charge in [0.25, 0.3) is 0 Å². The summed E-state index contributed by atoms with van der Waals surface area (Å²) in [5.74, 6) is 2.52. The number of hydrogen-bond donors (Lipinski definition) is 0. The van der Waals surface area contributed by atoms with E-state index in [1.54, 1.807) is 0 Å². The van der Waals surface area contributed by atoms with Crippen molar-refractivity contribution in [3.05, 3.63) is 216 Å². The largest absolute Gasteiger partial charge is 0.457 e. The maximum atomic E-state index is 7.20. The minimum Gasteiger partial charge on any atom is -0.457 e. The van der Waals surface area contributed by atoms with Crippen LogP contribution in [0.1, 0.15) is 126 Å². The number of likely N-dealkylation sites (N-methyl/N-ethyl adjacent to an activating group) is 2.